The zero-order valence-corrected chi connectivity index (χ0v) is 19.5. The lowest BCUT2D eigenvalue weighted by atomic mass is 10.0. The molecule has 10 heteroatoms. The van der Waals surface area contributed by atoms with E-state index in [0.29, 0.717) is 32.2 Å². The van der Waals surface area contributed by atoms with Crippen molar-refractivity contribution in [2.75, 3.05) is 39.3 Å². The van der Waals surface area contributed by atoms with Gasteiger partial charge in [-0.05, 0) is 45.1 Å². The highest BCUT2D eigenvalue weighted by molar-refractivity contribution is 5.93. The number of rotatable bonds is 5. The summed E-state index contributed by atoms with van der Waals surface area (Å²) in [6.07, 6.45) is 7.98. The number of hydrogen-bond acceptors (Lipinski definition) is 6. The minimum atomic E-state index is -1.07. The van der Waals surface area contributed by atoms with Gasteiger partial charge in [-0.25, -0.2) is 0 Å². The average Bonchev–Trinajstić information content (AvgIpc) is 3.49. The van der Waals surface area contributed by atoms with Crippen molar-refractivity contribution in [3.05, 3.63) is 0 Å². The Kier molecular flexibility index (Phi) is 7.85. The Hall–Kier alpha value is -2.20. The maximum atomic E-state index is 13.6. The molecule has 0 aromatic heterocycles. The summed E-state index contributed by atoms with van der Waals surface area (Å²) in [5.41, 5.74) is 5.49. The summed E-state index contributed by atoms with van der Waals surface area (Å²) in [7, 11) is 0. The van der Waals surface area contributed by atoms with Crippen LogP contribution in [0.2, 0.25) is 0 Å². The molecule has 0 unspecified atom stereocenters. The van der Waals surface area contributed by atoms with Crippen molar-refractivity contribution in [3.8, 4) is 0 Å². The first-order chi connectivity index (χ1) is 15.9. The third-order valence-electron chi connectivity index (χ3n) is 7.74. The molecular weight excluding hydrogens is 424 g/mol. The second-order valence-corrected chi connectivity index (χ2v) is 9.93. The van der Waals surface area contributed by atoms with E-state index in [1.807, 2.05) is 0 Å². The Balaban J connectivity index is 1.51. The largest absolute Gasteiger partial charge is 0.368 e. The van der Waals surface area contributed by atoms with Gasteiger partial charge >= 0.3 is 0 Å². The fourth-order valence-corrected chi connectivity index (χ4v) is 5.89. The van der Waals surface area contributed by atoms with Gasteiger partial charge in [0.05, 0.1) is 19.0 Å². The number of piperidine rings is 1. The van der Waals surface area contributed by atoms with Gasteiger partial charge in [0.25, 0.3) is 0 Å². The van der Waals surface area contributed by atoms with Gasteiger partial charge in [0, 0.05) is 38.3 Å². The molecule has 5 aliphatic rings. The third-order valence-corrected chi connectivity index (χ3v) is 7.74. The average molecular weight is 463 g/mol. The van der Waals surface area contributed by atoms with E-state index in [9.17, 15) is 19.2 Å². The molecular formula is C23H38N6O4. The number of carbonyl (C=O) groups is 4. The van der Waals surface area contributed by atoms with Crippen LogP contribution in [-0.2, 0) is 19.2 Å². The van der Waals surface area contributed by atoms with Crippen LogP contribution in [0.15, 0.2) is 0 Å². The molecule has 4 amide bonds. The van der Waals surface area contributed by atoms with Gasteiger partial charge in [-0.2, -0.15) is 0 Å². The second kappa shape index (κ2) is 10.8. The predicted molar refractivity (Wildman–Crippen MR) is 122 cm³/mol. The molecule has 0 radical (unpaired) electrons. The van der Waals surface area contributed by atoms with Crippen LogP contribution >= 0.6 is 0 Å². The molecule has 184 valence electrons. The van der Waals surface area contributed by atoms with Crippen molar-refractivity contribution in [2.45, 2.75) is 82.0 Å². The molecule has 1 saturated carbocycles. The molecule has 5 fully saturated rings. The van der Waals surface area contributed by atoms with Crippen molar-refractivity contribution < 1.29 is 19.2 Å². The van der Waals surface area contributed by atoms with E-state index in [4.69, 9.17) is 5.73 Å². The van der Waals surface area contributed by atoms with E-state index in [0.717, 1.165) is 45.1 Å². The van der Waals surface area contributed by atoms with Gasteiger partial charge in [0.1, 0.15) is 6.04 Å². The number of primary amides is 1. The molecule has 0 spiro atoms. The zero-order valence-electron chi connectivity index (χ0n) is 19.5. The zero-order chi connectivity index (χ0) is 23.4. The van der Waals surface area contributed by atoms with Crippen molar-refractivity contribution in [3.63, 3.8) is 0 Å². The summed E-state index contributed by atoms with van der Waals surface area (Å²) in [5, 5.41) is 6.14. The smallest absolute Gasteiger partial charge is 0.240 e. The van der Waals surface area contributed by atoms with Crippen LogP contribution < -0.4 is 16.4 Å². The SMILES string of the molecule is NC(=O)[C@@H]1CC(=O)N2CCC(CC2)N2CCC[C@H]2C(=O)N(CCNC2CCCC2)CC(=O)N1. The number of amides is 4. The fourth-order valence-electron chi connectivity index (χ4n) is 5.89. The predicted octanol–water partition coefficient (Wildman–Crippen LogP) is -0.824. The van der Waals surface area contributed by atoms with E-state index >= 15 is 0 Å². The van der Waals surface area contributed by atoms with Gasteiger partial charge < -0.3 is 26.2 Å². The molecule has 0 aromatic rings. The number of nitrogens with one attached hydrogen (secondary N) is 2. The topological polar surface area (TPSA) is 128 Å². The standard InChI is InChI=1S/C23H38N6O4/c24-22(32)18-14-21(31)27-11-7-17(8-12-27)29-10-3-6-19(29)23(33)28(15-20(30)26-18)13-9-25-16-4-1-2-5-16/h16-19,25H,1-15H2,(H2,24,32)(H,26,30)/t18-,19-/m0/s1. The summed E-state index contributed by atoms with van der Waals surface area (Å²) in [6, 6.07) is -0.562. The molecule has 5 rings (SSSR count). The van der Waals surface area contributed by atoms with Gasteiger partial charge in [0.2, 0.25) is 23.6 Å². The Bertz CT molecular complexity index is 747. The summed E-state index contributed by atoms with van der Waals surface area (Å²) >= 11 is 0. The van der Waals surface area contributed by atoms with Gasteiger partial charge in [-0.1, -0.05) is 12.8 Å². The van der Waals surface area contributed by atoms with E-state index in [1.54, 1.807) is 9.80 Å². The highest BCUT2D eigenvalue weighted by Gasteiger charge is 2.40. The van der Waals surface area contributed by atoms with Crippen LogP contribution in [0.3, 0.4) is 0 Å². The van der Waals surface area contributed by atoms with Crippen LogP contribution in [0.4, 0.5) is 0 Å². The maximum Gasteiger partial charge on any atom is 0.240 e. The van der Waals surface area contributed by atoms with Crippen LogP contribution in [0.1, 0.15) is 57.8 Å². The lowest BCUT2D eigenvalue weighted by Crippen LogP contribution is -2.57. The Labute approximate surface area is 195 Å². The number of nitrogens with zero attached hydrogens (tertiary/aromatic N) is 3. The monoisotopic (exact) mass is 462 g/mol. The maximum absolute atomic E-state index is 13.6. The van der Waals surface area contributed by atoms with Crippen LogP contribution in [-0.4, -0.2) is 102 Å². The fraction of sp³-hybridized carbons (Fsp3) is 0.826. The lowest BCUT2D eigenvalue weighted by Gasteiger charge is -2.40. The number of fused-ring (bicyclic) bond motifs is 9. The minimum Gasteiger partial charge on any atom is -0.368 e. The van der Waals surface area contributed by atoms with E-state index in [1.165, 1.54) is 12.8 Å². The van der Waals surface area contributed by atoms with Gasteiger partial charge in [0.15, 0.2) is 0 Å². The normalized spacial score (nSPS) is 30.4. The van der Waals surface area contributed by atoms with Crippen molar-refractivity contribution >= 4 is 23.6 Å². The third kappa shape index (κ3) is 5.84. The van der Waals surface area contributed by atoms with E-state index in [2.05, 4.69) is 15.5 Å². The van der Waals surface area contributed by atoms with Crippen molar-refractivity contribution in [1.29, 1.82) is 0 Å². The molecule has 33 heavy (non-hydrogen) atoms. The van der Waals surface area contributed by atoms with Crippen molar-refractivity contribution in [1.82, 2.24) is 25.3 Å². The van der Waals surface area contributed by atoms with Crippen LogP contribution in [0, 0.1) is 0 Å². The second-order valence-electron chi connectivity index (χ2n) is 9.93. The van der Waals surface area contributed by atoms with Crippen LogP contribution in [0.25, 0.3) is 0 Å². The molecule has 4 N–H and O–H groups in total. The first kappa shape index (κ1) is 23.9. The molecule has 0 aromatic carbocycles. The lowest BCUT2D eigenvalue weighted by molar-refractivity contribution is -0.143. The first-order valence-electron chi connectivity index (χ1n) is 12.6. The molecule has 2 bridgehead atoms. The summed E-state index contributed by atoms with van der Waals surface area (Å²) in [6.45, 7) is 2.99. The van der Waals surface area contributed by atoms with E-state index < -0.39 is 17.9 Å². The Morgan fingerprint density at radius 3 is 2.42 bits per heavy atom. The van der Waals surface area contributed by atoms with Gasteiger partial charge in [-0.15, -0.1) is 0 Å². The van der Waals surface area contributed by atoms with E-state index in [-0.39, 0.29) is 36.9 Å². The van der Waals surface area contributed by atoms with Crippen molar-refractivity contribution in [2.24, 2.45) is 5.73 Å². The minimum absolute atomic E-state index is 0.0120. The molecule has 10 nitrogen and oxygen atoms in total. The highest BCUT2D eigenvalue weighted by atomic mass is 16.2. The van der Waals surface area contributed by atoms with Gasteiger partial charge in [-0.3, -0.25) is 24.1 Å². The Morgan fingerprint density at radius 2 is 1.73 bits per heavy atom. The van der Waals surface area contributed by atoms with Crippen LogP contribution in [0.5, 0.6) is 0 Å². The Morgan fingerprint density at radius 1 is 1.00 bits per heavy atom. The molecule has 4 heterocycles. The summed E-state index contributed by atoms with van der Waals surface area (Å²) < 4.78 is 0. The summed E-state index contributed by atoms with van der Waals surface area (Å²) in [4.78, 5) is 56.8. The number of carbonyl (C=O) groups excluding carboxylic acids is 4. The quantitative estimate of drug-likeness (QED) is 0.490. The molecule has 4 saturated heterocycles. The molecule has 1 aliphatic carbocycles. The molecule has 2 atom stereocenters. The first-order valence-corrected chi connectivity index (χ1v) is 12.6. The molecule has 4 aliphatic heterocycles. The number of nitrogens with two attached hydrogens (primary N) is 1. The highest BCUT2D eigenvalue weighted by Crippen LogP contribution is 2.28. The number of hydrogen-bond donors (Lipinski definition) is 3. The summed E-state index contributed by atoms with van der Waals surface area (Å²) in [5.74, 6) is -1.37.